The molecular formula is C107H118Cl2N10O16S3. The Morgan fingerprint density at radius 3 is 1.49 bits per heavy atom. The van der Waals surface area contributed by atoms with Crippen LogP contribution < -0.4 is 29.6 Å². The van der Waals surface area contributed by atoms with E-state index in [1.54, 1.807) is 54.6 Å². The highest BCUT2D eigenvalue weighted by Gasteiger charge is 2.54. The standard InChI is InChI=1S/C29H31N3O6S.C27H29ClN4O4S.C27H27NO3.C24H23ClN2O3S.4H2/c33-17-16-31-12-14-32(15-13-31)39(35,36)24-7-4-21(5-8-24)25-3-1-2-23(30-25)19-28(34)29(10-11-29)22-6-9-26-27(18-22)38-20-37-26;28-21-11-9-20(10-12-21)27(14-1-2-15-27)26(34)31-24-7-3-6-23(30-24)19-8-13-25(29-17-19)37(35,36)32-16-4-5-22(32)18-33;1-17(2)19-5-4-6-20(13-19)23-9-8-22(28-18(23)3)15-26(29)27(11-12-27)21-7-10-24-25(14-21)31-16-30-24;1-31(29,30)16-13-17-5-7-18(8-6-17)21-3-2-4-22(26-21)27-23(28)24(14-15-24)19-9-11-20(25)12-10-19;;;;/h1-9,18,33H,10-17,19-20H2;3,6-13,17,22,33H,1-2,4-5,14-16,18H2,(H,30,31,34);4-10,13-14,17H,11-12,15-16H2,1-3H3;2-12H,13-16H2,1H3,(H,26,27,28);4*1H/t;22-;;;;;;/m.1....../s1. The zero-order valence-electron chi connectivity index (χ0n) is 77.3. The summed E-state index contributed by atoms with van der Waals surface area (Å²) in [5, 5.41) is 25.8. The summed E-state index contributed by atoms with van der Waals surface area (Å²) in [7, 11) is -10.4. The minimum Gasteiger partial charge on any atom is -0.454 e. The number of benzene rings is 7. The predicted molar refractivity (Wildman–Crippen MR) is 539 cm³/mol. The van der Waals surface area contributed by atoms with Crippen LogP contribution >= 0.6 is 23.2 Å². The van der Waals surface area contributed by atoms with Gasteiger partial charge in [-0.25, -0.2) is 40.2 Å². The van der Waals surface area contributed by atoms with Crippen molar-refractivity contribution in [2.45, 2.75) is 161 Å². The number of aliphatic hydroxyl groups is 2. The van der Waals surface area contributed by atoms with Gasteiger partial charge in [-0.1, -0.05) is 171 Å². The summed E-state index contributed by atoms with van der Waals surface area (Å²) >= 11 is 12.0. The molecule has 5 aromatic heterocycles. The third-order valence-electron chi connectivity index (χ3n) is 27.5. The van der Waals surface area contributed by atoms with Gasteiger partial charge in [0.2, 0.25) is 35.4 Å². The van der Waals surface area contributed by atoms with E-state index in [1.165, 1.54) is 38.3 Å². The second-order valence-corrected chi connectivity index (χ2v) is 43.8. The Bertz CT molecular complexity index is 6880. The van der Waals surface area contributed by atoms with E-state index >= 15 is 0 Å². The summed E-state index contributed by atoms with van der Waals surface area (Å²) in [5.41, 5.74) is 13.2. The van der Waals surface area contributed by atoms with Gasteiger partial charge in [-0.2, -0.15) is 8.61 Å². The number of hydrogen-bond acceptors (Lipinski definition) is 22. The van der Waals surface area contributed by atoms with Gasteiger partial charge in [-0.3, -0.25) is 34.0 Å². The first kappa shape index (κ1) is 97.6. The number of sulfone groups is 1. The van der Waals surface area contributed by atoms with Crippen molar-refractivity contribution in [2.24, 2.45) is 0 Å². The van der Waals surface area contributed by atoms with Crippen LogP contribution in [0.15, 0.2) is 253 Å². The number of carbonyl (C=O) groups excluding carboxylic acids is 4. The van der Waals surface area contributed by atoms with E-state index in [9.17, 15) is 49.5 Å². The van der Waals surface area contributed by atoms with Crippen LogP contribution in [0.5, 0.6) is 23.0 Å². The highest BCUT2D eigenvalue weighted by molar-refractivity contribution is 7.90. The van der Waals surface area contributed by atoms with Crippen LogP contribution in [0.1, 0.15) is 153 Å². The van der Waals surface area contributed by atoms with Crippen LogP contribution in [0.2, 0.25) is 10.0 Å². The molecule has 8 aliphatic rings. The zero-order valence-corrected chi connectivity index (χ0v) is 81.3. The summed E-state index contributed by atoms with van der Waals surface area (Å²) in [5.74, 6) is 4.61. The molecule has 138 heavy (non-hydrogen) atoms. The monoisotopic (exact) mass is 1960 g/mol. The van der Waals surface area contributed by atoms with Crippen molar-refractivity contribution in [2.75, 3.05) is 88.7 Å². The molecule has 0 unspecified atom stereocenters. The van der Waals surface area contributed by atoms with Crippen molar-refractivity contribution in [3.8, 4) is 67.9 Å². The Morgan fingerprint density at radius 1 is 0.486 bits per heavy atom. The lowest BCUT2D eigenvalue weighted by atomic mass is 9.78. The summed E-state index contributed by atoms with van der Waals surface area (Å²) in [6, 6.07) is 72.8. The number of β-amino-alcohol motifs (C(OH)–C–C–N with tert-alkyl or cyclic N) is 1. The van der Waals surface area contributed by atoms with Crippen molar-refractivity contribution < 1.29 is 79.3 Å². The number of ketones is 2. The predicted octanol–water partition coefficient (Wildman–Crippen LogP) is 18.4. The minimum atomic E-state index is -3.79. The Labute approximate surface area is 820 Å². The van der Waals surface area contributed by atoms with Crippen LogP contribution in [0.3, 0.4) is 0 Å². The molecule has 26 nitrogen and oxygen atoms in total. The van der Waals surface area contributed by atoms with Crippen LogP contribution in [-0.2, 0) is 90.0 Å². The number of aliphatic hydroxyl groups excluding tert-OH is 2. The van der Waals surface area contributed by atoms with Gasteiger partial charge < -0.3 is 39.8 Å². The van der Waals surface area contributed by atoms with Gasteiger partial charge in [0, 0.05) is 126 Å². The van der Waals surface area contributed by atoms with E-state index in [4.69, 9.17) is 57.2 Å². The number of nitrogens with one attached hydrogen (secondary N) is 2. The molecule has 1 atom stereocenters. The van der Waals surface area contributed by atoms with Gasteiger partial charge in [0.15, 0.2) is 28.0 Å². The van der Waals surface area contributed by atoms with Crippen molar-refractivity contribution in [3.05, 3.63) is 303 Å². The summed E-state index contributed by atoms with van der Waals surface area (Å²) < 4.78 is 99.6. The Hall–Kier alpha value is -12.0. The Morgan fingerprint density at radius 2 is 0.978 bits per heavy atom. The zero-order chi connectivity index (χ0) is 96.7. The molecule has 2 amide bonds. The fourth-order valence-electron chi connectivity index (χ4n) is 18.9. The summed E-state index contributed by atoms with van der Waals surface area (Å²) in [4.78, 5) is 78.4. The number of halogens is 2. The maximum atomic E-state index is 13.5. The lowest BCUT2D eigenvalue weighted by Gasteiger charge is -2.33. The number of fused-ring (bicyclic) bond motifs is 2. The van der Waals surface area contributed by atoms with Gasteiger partial charge in [0.1, 0.15) is 33.0 Å². The molecule has 7 aromatic carbocycles. The van der Waals surface area contributed by atoms with E-state index in [-0.39, 0.29) is 78.0 Å². The van der Waals surface area contributed by atoms with E-state index < -0.39 is 57.6 Å². The molecule has 9 heterocycles. The van der Waals surface area contributed by atoms with Crippen LogP contribution in [0.25, 0.3) is 44.9 Å². The molecule has 4 aliphatic heterocycles. The summed E-state index contributed by atoms with van der Waals surface area (Å²) in [6.45, 7) is 9.66. The average Bonchev–Trinajstić information content (AvgIpc) is 1.60. The molecule has 12 aromatic rings. The number of rotatable bonds is 29. The number of sulfonamides is 2. The van der Waals surface area contributed by atoms with Crippen molar-refractivity contribution in [1.82, 2.24) is 38.4 Å². The number of hydrogen-bond donors (Lipinski definition) is 4. The third kappa shape index (κ3) is 22.0. The number of nitrogens with zero attached hydrogens (tertiary/aromatic N) is 8. The fourth-order valence-corrected chi connectivity index (χ4v) is 22.7. The van der Waals surface area contributed by atoms with Gasteiger partial charge in [0.05, 0.1) is 62.6 Å². The maximum absolute atomic E-state index is 13.5. The normalized spacial score (nSPS) is 17.4. The molecule has 4 aliphatic carbocycles. The van der Waals surface area contributed by atoms with Gasteiger partial charge in [0.25, 0.3) is 10.0 Å². The van der Waals surface area contributed by atoms with Gasteiger partial charge in [-0.15, -0.1) is 0 Å². The van der Waals surface area contributed by atoms with E-state index in [2.05, 4.69) is 74.7 Å². The van der Waals surface area contributed by atoms with Gasteiger partial charge in [-0.05, 0) is 238 Å². The average molecular weight is 1970 g/mol. The lowest BCUT2D eigenvalue weighted by Crippen LogP contribution is -2.49. The van der Waals surface area contributed by atoms with Crippen molar-refractivity contribution >= 4 is 88.1 Å². The molecule has 2 saturated heterocycles. The molecule has 0 spiro atoms. The minimum absolute atomic E-state index is 0. The first-order valence-electron chi connectivity index (χ1n) is 46.7. The summed E-state index contributed by atoms with van der Waals surface area (Å²) in [6.07, 6.45) is 13.5. The number of aryl methyl sites for hydroxylation is 2. The Kier molecular flexibility index (Phi) is 29.4. The van der Waals surface area contributed by atoms with Crippen molar-refractivity contribution in [3.63, 3.8) is 0 Å². The number of pyridine rings is 5. The highest BCUT2D eigenvalue weighted by Crippen LogP contribution is 2.54. The number of piperazine rings is 1. The molecular weight excluding hydrogens is 1850 g/mol. The largest absolute Gasteiger partial charge is 0.454 e. The third-order valence-corrected chi connectivity index (χ3v) is 32.7. The number of aromatic nitrogens is 5. The van der Waals surface area contributed by atoms with E-state index in [1.807, 2.05) is 153 Å². The van der Waals surface area contributed by atoms with E-state index in [0.29, 0.717) is 127 Å². The molecule has 0 bridgehead atoms. The molecule has 0 radical (unpaired) electrons. The SMILES string of the molecule is CS(=O)(=O)CCc1ccc(-c2cccc(NC(=O)C3(c4ccc(Cl)cc4)CC3)n2)cc1.Cc1nc(CC(=O)C2(c3ccc4c(c3)OCO4)CC2)ccc1-c1cccc(C(C)C)c1.O=C(Cc1cccc(-c2ccc(S(=O)(=O)N3CCN(CCO)CC3)cc2)n1)C1(c2ccc3c(c2)OCO3)CC1.O=C(Nc1cccc(-c2ccc(S(=O)(=O)N3CCC[C@@H]3CO)nc2)n1)C1(c2ccc(Cl)cc2)CCCC1.[HH].[HH].[HH].[HH]. The van der Waals surface area contributed by atoms with Gasteiger partial charge >= 0.3 is 0 Å². The highest BCUT2D eigenvalue weighted by atomic mass is 35.5. The Balaban J connectivity index is 0.000000158. The second-order valence-electron chi connectivity index (χ2n) is 36.9. The van der Waals surface area contributed by atoms with Crippen LogP contribution in [-0.4, -0.2) is 181 Å². The molecule has 724 valence electrons. The second kappa shape index (κ2) is 41.6. The van der Waals surface area contributed by atoms with Crippen LogP contribution in [0, 0.1) is 6.92 Å². The number of carbonyl (C=O) groups is 4. The molecule has 31 heteroatoms. The lowest BCUT2D eigenvalue weighted by molar-refractivity contribution is -0.122. The maximum Gasteiger partial charge on any atom is 0.260 e. The number of Topliss-reactive ketones (excluding diaryl/α,β-unsaturated/α-hetero) is 2. The quantitative estimate of drug-likeness (QED) is 0.0338. The van der Waals surface area contributed by atoms with Crippen LogP contribution in [0.4, 0.5) is 11.6 Å². The first-order chi connectivity index (χ1) is 66.4. The molecule has 6 fully saturated rings. The number of ether oxygens (including phenoxy) is 4. The fraction of sp³-hybridized carbons (Fsp3) is 0.336. The molecule has 4 saturated carbocycles. The molecule has 4 N–H and O–H groups in total. The topological polar surface area (TPSA) is 346 Å². The number of amides is 2. The smallest absolute Gasteiger partial charge is 0.260 e. The first-order valence-corrected chi connectivity index (χ1v) is 52.4. The van der Waals surface area contributed by atoms with Crippen molar-refractivity contribution in [1.29, 1.82) is 0 Å². The molecule has 20 rings (SSSR count). The number of anilines is 2. The van der Waals surface area contributed by atoms with E-state index in [0.717, 1.165) is 137 Å².